The average Bonchev–Trinajstić information content (AvgIpc) is 3.01. The number of rotatable bonds is 6. The van der Waals surface area contributed by atoms with Crippen LogP contribution in [-0.2, 0) is 32.2 Å². The van der Waals surface area contributed by atoms with Crippen molar-refractivity contribution in [2.24, 2.45) is 0 Å². The van der Waals surface area contributed by atoms with E-state index in [1.54, 1.807) is 24.3 Å². The standard InChI is InChI=1S/C31H41N5O7/c1-21(37)28-31(41)32-13-4-16-43-26-6-3-2-5-24(26)29(39)34-25(11-12-27(38)35-28)30(40)33-19-22-7-9-23(10-8-22)20-36-14-17-42-18-15-36/h2-3,5-10,21,25,28,37H,4,11-20H2,1H3,(H,32,41)(H,33,40)(H,34,39)(H,35,38)/t21-,25+,28?/m1/s1. The molecule has 5 N–H and O–H groups in total. The van der Waals surface area contributed by atoms with Gasteiger partial charge in [-0.1, -0.05) is 36.4 Å². The summed E-state index contributed by atoms with van der Waals surface area (Å²) in [6, 6.07) is 12.5. The van der Waals surface area contributed by atoms with Gasteiger partial charge >= 0.3 is 0 Å². The largest absolute Gasteiger partial charge is 0.493 e. The number of carbonyl (C=O) groups excluding carboxylic acids is 4. The summed E-state index contributed by atoms with van der Waals surface area (Å²) in [5.74, 6) is -1.67. The molecule has 2 aromatic carbocycles. The summed E-state index contributed by atoms with van der Waals surface area (Å²) in [4.78, 5) is 54.3. The van der Waals surface area contributed by atoms with Crippen molar-refractivity contribution in [3.63, 3.8) is 0 Å². The van der Waals surface area contributed by atoms with E-state index in [-0.39, 0.29) is 38.1 Å². The fraction of sp³-hybridized carbons (Fsp3) is 0.484. The number of hydrogen-bond donors (Lipinski definition) is 5. The monoisotopic (exact) mass is 595 g/mol. The van der Waals surface area contributed by atoms with E-state index in [4.69, 9.17) is 9.47 Å². The van der Waals surface area contributed by atoms with Gasteiger partial charge < -0.3 is 35.8 Å². The van der Waals surface area contributed by atoms with Crippen molar-refractivity contribution in [3.05, 3.63) is 65.2 Å². The molecule has 2 aromatic rings. The number of fused-ring (bicyclic) bond motifs is 1. The molecule has 0 bridgehead atoms. The number of amides is 4. The van der Waals surface area contributed by atoms with Gasteiger partial charge in [-0.25, -0.2) is 0 Å². The molecule has 3 atom stereocenters. The van der Waals surface area contributed by atoms with E-state index in [0.29, 0.717) is 12.2 Å². The Bertz CT molecular complexity index is 1250. The lowest BCUT2D eigenvalue weighted by Gasteiger charge is -2.26. The Kier molecular flexibility index (Phi) is 11.9. The maximum atomic E-state index is 13.3. The molecule has 4 amide bonds. The number of aliphatic hydroxyl groups excluding tert-OH is 1. The zero-order valence-electron chi connectivity index (χ0n) is 24.5. The molecule has 2 aliphatic rings. The first kappa shape index (κ1) is 31.9. The van der Waals surface area contributed by atoms with Crippen LogP contribution in [0.5, 0.6) is 5.75 Å². The van der Waals surface area contributed by atoms with Crippen LogP contribution in [-0.4, -0.2) is 91.3 Å². The van der Waals surface area contributed by atoms with E-state index >= 15 is 0 Å². The molecule has 0 aliphatic carbocycles. The fourth-order valence-electron chi connectivity index (χ4n) is 4.88. The Labute approximate surface area is 251 Å². The summed E-state index contributed by atoms with van der Waals surface area (Å²) < 4.78 is 11.2. The highest BCUT2D eigenvalue weighted by atomic mass is 16.5. The molecule has 0 radical (unpaired) electrons. The van der Waals surface area contributed by atoms with Crippen LogP contribution >= 0.6 is 0 Å². The molecule has 0 spiro atoms. The van der Waals surface area contributed by atoms with Gasteiger partial charge in [0.25, 0.3) is 5.91 Å². The lowest BCUT2D eigenvalue weighted by atomic mass is 10.1. The van der Waals surface area contributed by atoms with Crippen LogP contribution in [0.25, 0.3) is 0 Å². The minimum atomic E-state index is -1.16. The van der Waals surface area contributed by atoms with Crippen LogP contribution in [0.1, 0.15) is 47.7 Å². The minimum Gasteiger partial charge on any atom is -0.493 e. The molecule has 4 rings (SSSR count). The lowest BCUT2D eigenvalue weighted by molar-refractivity contribution is -0.132. The molecule has 1 saturated heterocycles. The lowest BCUT2D eigenvalue weighted by Crippen LogP contribution is -2.53. The highest BCUT2D eigenvalue weighted by Gasteiger charge is 2.28. The molecule has 232 valence electrons. The summed E-state index contributed by atoms with van der Waals surface area (Å²) in [6.45, 7) is 6.20. The first-order valence-corrected chi connectivity index (χ1v) is 14.7. The van der Waals surface area contributed by atoms with E-state index in [1.807, 2.05) is 24.3 Å². The van der Waals surface area contributed by atoms with Crippen LogP contribution in [0.3, 0.4) is 0 Å². The van der Waals surface area contributed by atoms with E-state index in [2.05, 4.69) is 26.2 Å². The van der Waals surface area contributed by atoms with E-state index < -0.39 is 41.8 Å². The van der Waals surface area contributed by atoms with E-state index in [9.17, 15) is 24.3 Å². The maximum Gasteiger partial charge on any atom is 0.255 e. The summed E-state index contributed by atoms with van der Waals surface area (Å²) >= 11 is 0. The normalized spacial score (nSPS) is 21.8. The van der Waals surface area contributed by atoms with E-state index in [0.717, 1.165) is 44.0 Å². The van der Waals surface area contributed by atoms with Gasteiger partial charge in [-0.2, -0.15) is 0 Å². The molecule has 12 heteroatoms. The summed E-state index contributed by atoms with van der Waals surface area (Å²) in [5, 5.41) is 20.9. The number of morpholine rings is 1. The predicted octanol–water partition coefficient (Wildman–Crippen LogP) is 0.478. The van der Waals surface area contributed by atoms with Gasteiger partial charge in [0.15, 0.2) is 0 Å². The Morgan fingerprint density at radius 2 is 1.74 bits per heavy atom. The van der Waals surface area contributed by atoms with Crippen molar-refractivity contribution in [2.75, 3.05) is 39.5 Å². The average molecular weight is 596 g/mol. The maximum absolute atomic E-state index is 13.3. The number of aliphatic hydroxyl groups is 1. The van der Waals surface area contributed by atoms with Gasteiger partial charge in [0.05, 0.1) is 31.5 Å². The van der Waals surface area contributed by atoms with Crippen LogP contribution < -0.4 is 26.0 Å². The number of para-hydroxylation sites is 1. The number of nitrogens with zero attached hydrogens (tertiary/aromatic N) is 1. The second-order valence-electron chi connectivity index (χ2n) is 10.8. The zero-order valence-corrected chi connectivity index (χ0v) is 24.5. The molecule has 12 nitrogen and oxygen atoms in total. The van der Waals surface area contributed by atoms with Gasteiger partial charge in [0, 0.05) is 39.1 Å². The molecule has 0 saturated carbocycles. The van der Waals surface area contributed by atoms with Crippen molar-refractivity contribution >= 4 is 23.6 Å². The zero-order chi connectivity index (χ0) is 30.6. The molecule has 1 fully saturated rings. The predicted molar refractivity (Wildman–Crippen MR) is 158 cm³/mol. The first-order chi connectivity index (χ1) is 20.8. The third-order valence-electron chi connectivity index (χ3n) is 7.37. The Hall–Kier alpha value is -4.00. The number of hydrogen-bond acceptors (Lipinski definition) is 8. The summed E-state index contributed by atoms with van der Waals surface area (Å²) in [5.41, 5.74) is 2.31. The number of nitrogens with one attached hydrogen (secondary N) is 4. The van der Waals surface area contributed by atoms with Crippen molar-refractivity contribution in [2.45, 2.75) is 57.5 Å². The van der Waals surface area contributed by atoms with E-state index in [1.165, 1.54) is 6.92 Å². The summed E-state index contributed by atoms with van der Waals surface area (Å²) in [7, 11) is 0. The Morgan fingerprint density at radius 3 is 2.49 bits per heavy atom. The van der Waals surface area contributed by atoms with Gasteiger partial charge in [-0.05, 0) is 43.0 Å². The third kappa shape index (κ3) is 9.77. The van der Waals surface area contributed by atoms with Gasteiger partial charge in [0.2, 0.25) is 17.7 Å². The number of benzene rings is 2. The van der Waals surface area contributed by atoms with Crippen LogP contribution in [0.4, 0.5) is 0 Å². The first-order valence-electron chi connectivity index (χ1n) is 14.7. The van der Waals surface area contributed by atoms with Crippen LogP contribution in [0.2, 0.25) is 0 Å². The van der Waals surface area contributed by atoms with Gasteiger partial charge in [0.1, 0.15) is 17.8 Å². The van der Waals surface area contributed by atoms with Crippen LogP contribution in [0, 0.1) is 0 Å². The highest BCUT2D eigenvalue weighted by molar-refractivity contribution is 5.99. The molecule has 43 heavy (non-hydrogen) atoms. The number of carbonyl (C=O) groups is 4. The minimum absolute atomic E-state index is 0.0287. The van der Waals surface area contributed by atoms with Crippen molar-refractivity contribution in [3.8, 4) is 5.75 Å². The Morgan fingerprint density at radius 1 is 1.02 bits per heavy atom. The second kappa shape index (κ2) is 16.0. The molecule has 1 unspecified atom stereocenters. The third-order valence-corrected chi connectivity index (χ3v) is 7.37. The van der Waals surface area contributed by atoms with Gasteiger partial charge in [-0.3, -0.25) is 24.1 Å². The topological polar surface area (TPSA) is 158 Å². The van der Waals surface area contributed by atoms with Crippen molar-refractivity contribution in [1.29, 1.82) is 0 Å². The molecular weight excluding hydrogens is 554 g/mol. The number of ether oxygens (including phenoxy) is 2. The molecule has 2 aliphatic heterocycles. The smallest absolute Gasteiger partial charge is 0.255 e. The van der Waals surface area contributed by atoms with Gasteiger partial charge in [-0.15, -0.1) is 0 Å². The molecule has 2 heterocycles. The molecule has 0 aromatic heterocycles. The van der Waals surface area contributed by atoms with Crippen molar-refractivity contribution in [1.82, 2.24) is 26.2 Å². The second-order valence-corrected chi connectivity index (χ2v) is 10.8. The SMILES string of the molecule is C[C@@H](O)C1NC(=O)CC[C@@H](C(=O)NCc2ccc(CN3CCOCC3)cc2)NC(=O)c2ccccc2OCCCNC1=O. The van der Waals surface area contributed by atoms with Crippen LogP contribution in [0.15, 0.2) is 48.5 Å². The Balaban J connectivity index is 1.44. The molecular formula is C31H41N5O7. The van der Waals surface area contributed by atoms with Crippen molar-refractivity contribution < 1.29 is 33.8 Å². The summed E-state index contributed by atoms with van der Waals surface area (Å²) in [6.07, 6.45) is -0.894. The highest BCUT2D eigenvalue weighted by Crippen LogP contribution is 2.19. The quantitative estimate of drug-likeness (QED) is 0.323. The fourth-order valence-corrected chi connectivity index (χ4v) is 4.88.